The van der Waals surface area contributed by atoms with Crippen LogP contribution in [-0.4, -0.2) is 41.1 Å². The Morgan fingerprint density at radius 2 is 1.39 bits per heavy atom. The predicted molar refractivity (Wildman–Crippen MR) is 152 cm³/mol. The van der Waals surface area contributed by atoms with Crippen LogP contribution in [0.5, 0.6) is 11.5 Å². The predicted octanol–water partition coefficient (Wildman–Crippen LogP) is 6.50. The van der Waals surface area contributed by atoms with Crippen LogP contribution >= 0.6 is 11.8 Å². The summed E-state index contributed by atoms with van der Waals surface area (Å²) in [6.45, 7) is 0. The third kappa shape index (κ3) is 5.92. The number of rotatable bonds is 9. The van der Waals surface area contributed by atoms with Gasteiger partial charge in [-0.25, -0.2) is 4.98 Å². The van der Waals surface area contributed by atoms with E-state index >= 15 is 0 Å². The molecule has 38 heavy (non-hydrogen) atoms. The van der Waals surface area contributed by atoms with Crippen molar-refractivity contribution < 1.29 is 14.3 Å². The minimum Gasteiger partial charge on any atom is -0.497 e. The summed E-state index contributed by atoms with van der Waals surface area (Å²) in [5.41, 5.74) is 3.92. The first-order valence-corrected chi connectivity index (χ1v) is 13.1. The quantitative estimate of drug-likeness (QED) is 0.221. The fraction of sp³-hybridized carbons (Fsp3) is 0.133. The highest BCUT2D eigenvalue weighted by molar-refractivity contribution is 7.99. The Hall–Kier alpha value is -4.43. The van der Waals surface area contributed by atoms with Crippen molar-refractivity contribution in [3.05, 3.63) is 91.0 Å². The van der Waals surface area contributed by atoms with Crippen LogP contribution in [0.15, 0.2) is 96.2 Å². The van der Waals surface area contributed by atoms with Crippen LogP contribution in [0, 0.1) is 0 Å². The molecule has 0 bridgehead atoms. The number of benzene rings is 4. The van der Waals surface area contributed by atoms with E-state index in [2.05, 4.69) is 15.5 Å². The molecular weight excluding hydrogens is 496 g/mol. The standard InChI is InChI=1S/C30H26N4O3S/c1-36-25-13-8-21(9-14-25)28-29(22-10-15-26(37-2)16-11-22)33-34-30(32-28)38-18-17-27(35)31-24-12-7-20-5-3-4-6-23(20)19-24/h3-16,19H,17-18H2,1-2H3,(H,31,35). The Kier molecular flexibility index (Phi) is 7.80. The molecule has 0 unspecified atom stereocenters. The van der Waals surface area contributed by atoms with Gasteiger partial charge in [-0.15, -0.1) is 10.2 Å². The van der Waals surface area contributed by atoms with Gasteiger partial charge >= 0.3 is 0 Å². The van der Waals surface area contributed by atoms with Crippen molar-refractivity contribution in [1.29, 1.82) is 0 Å². The van der Waals surface area contributed by atoms with Gasteiger partial charge in [0.25, 0.3) is 0 Å². The third-order valence-electron chi connectivity index (χ3n) is 5.99. The summed E-state index contributed by atoms with van der Waals surface area (Å²) in [5.74, 6) is 1.97. The number of anilines is 1. The number of carbonyl (C=O) groups is 1. The number of carbonyl (C=O) groups excluding carboxylic acids is 1. The number of amides is 1. The molecule has 5 rings (SSSR count). The summed E-state index contributed by atoms with van der Waals surface area (Å²) < 4.78 is 10.6. The van der Waals surface area contributed by atoms with Crippen LogP contribution in [-0.2, 0) is 4.79 Å². The van der Waals surface area contributed by atoms with Crippen LogP contribution in [0.4, 0.5) is 5.69 Å². The van der Waals surface area contributed by atoms with Crippen LogP contribution in [0.25, 0.3) is 33.3 Å². The van der Waals surface area contributed by atoms with Gasteiger partial charge in [-0.05, 0) is 71.4 Å². The van der Waals surface area contributed by atoms with E-state index in [-0.39, 0.29) is 5.91 Å². The Morgan fingerprint density at radius 1 is 0.763 bits per heavy atom. The molecule has 0 fully saturated rings. The number of thioether (sulfide) groups is 1. The minimum absolute atomic E-state index is 0.0639. The molecule has 0 spiro atoms. The molecule has 0 aliphatic heterocycles. The average molecular weight is 523 g/mol. The second-order valence-corrected chi connectivity index (χ2v) is 9.52. The highest BCUT2D eigenvalue weighted by atomic mass is 32.2. The van der Waals surface area contributed by atoms with Gasteiger partial charge in [-0.1, -0.05) is 42.1 Å². The molecule has 0 atom stereocenters. The lowest BCUT2D eigenvalue weighted by Crippen LogP contribution is -2.12. The minimum atomic E-state index is -0.0639. The van der Waals surface area contributed by atoms with Crippen molar-refractivity contribution in [3.8, 4) is 34.0 Å². The Bertz CT molecular complexity index is 1560. The highest BCUT2D eigenvalue weighted by Gasteiger charge is 2.15. The maximum absolute atomic E-state index is 12.6. The van der Waals surface area contributed by atoms with E-state index in [1.54, 1.807) is 14.2 Å². The van der Waals surface area contributed by atoms with Crippen molar-refractivity contribution in [2.75, 3.05) is 25.3 Å². The Labute approximate surface area is 225 Å². The van der Waals surface area contributed by atoms with Gasteiger partial charge in [-0.3, -0.25) is 4.79 Å². The van der Waals surface area contributed by atoms with Crippen molar-refractivity contribution in [3.63, 3.8) is 0 Å². The molecular formula is C30H26N4O3S. The molecule has 5 aromatic rings. The van der Waals surface area contributed by atoms with E-state index in [1.165, 1.54) is 11.8 Å². The van der Waals surface area contributed by atoms with Gasteiger partial charge in [0.15, 0.2) is 0 Å². The molecule has 0 aliphatic carbocycles. The second-order valence-electron chi connectivity index (χ2n) is 8.46. The molecule has 1 amide bonds. The average Bonchev–Trinajstić information content (AvgIpc) is 2.97. The Morgan fingerprint density at radius 3 is 2.05 bits per heavy atom. The zero-order valence-corrected chi connectivity index (χ0v) is 21.9. The van der Waals surface area contributed by atoms with E-state index in [4.69, 9.17) is 14.5 Å². The van der Waals surface area contributed by atoms with Gasteiger partial charge in [0.2, 0.25) is 11.1 Å². The summed E-state index contributed by atoms with van der Waals surface area (Å²) in [7, 11) is 3.27. The zero-order chi connectivity index (χ0) is 26.3. The zero-order valence-electron chi connectivity index (χ0n) is 21.0. The number of ether oxygens (including phenoxy) is 2. The van der Waals surface area contributed by atoms with Gasteiger partial charge in [0.05, 0.1) is 14.2 Å². The van der Waals surface area contributed by atoms with Gasteiger partial charge in [0, 0.05) is 29.0 Å². The maximum Gasteiger partial charge on any atom is 0.225 e. The summed E-state index contributed by atoms with van der Waals surface area (Å²) >= 11 is 1.40. The SMILES string of the molecule is COc1ccc(-c2nnc(SCCC(=O)Nc3ccc4ccccc4c3)nc2-c2ccc(OC)cc2)cc1. The fourth-order valence-corrected chi connectivity index (χ4v) is 4.72. The van der Waals surface area contributed by atoms with E-state index in [0.29, 0.717) is 28.7 Å². The molecule has 8 heteroatoms. The lowest BCUT2D eigenvalue weighted by molar-refractivity contribution is -0.115. The summed E-state index contributed by atoms with van der Waals surface area (Å²) in [4.78, 5) is 17.4. The van der Waals surface area contributed by atoms with Gasteiger partial charge in [-0.2, -0.15) is 0 Å². The molecule has 7 nitrogen and oxygen atoms in total. The number of fused-ring (bicyclic) bond motifs is 1. The summed E-state index contributed by atoms with van der Waals surface area (Å²) in [6.07, 6.45) is 0.318. The Balaban J connectivity index is 1.30. The molecule has 1 heterocycles. The van der Waals surface area contributed by atoms with E-state index < -0.39 is 0 Å². The van der Waals surface area contributed by atoms with Gasteiger partial charge in [0.1, 0.15) is 22.9 Å². The van der Waals surface area contributed by atoms with Crippen molar-refractivity contribution in [2.45, 2.75) is 11.6 Å². The molecule has 0 saturated carbocycles. The van der Waals surface area contributed by atoms with E-state index in [9.17, 15) is 4.79 Å². The second kappa shape index (κ2) is 11.7. The van der Waals surface area contributed by atoms with Crippen LogP contribution in [0.2, 0.25) is 0 Å². The number of hydrogen-bond donors (Lipinski definition) is 1. The van der Waals surface area contributed by atoms with E-state index in [1.807, 2.05) is 91.0 Å². The summed E-state index contributed by atoms with van der Waals surface area (Å²) in [6, 6.07) is 29.3. The fourth-order valence-electron chi connectivity index (χ4n) is 3.99. The molecule has 1 aromatic heterocycles. The smallest absolute Gasteiger partial charge is 0.225 e. The molecule has 0 saturated heterocycles. The number of nitrogens with one attached hydrogen (secondary N) is 1. The first-order chi connectivity index (χ1) is 18.6. The molecule has 0 radical (unpaired) electrons. The first kappa shape index (κ1) is 25.2. The molecule has 0 aliphatic rings. The number of nitrogens with zero attached hydrogens (tertiary/aromatic N) is 3. The van der Waals surface area contributed by atoms with Crippen LogP contribution in [0.3, 0.4) is 0 Å². The van der Waals surface area contributed by atoms with E-state index in [0.717, 1.165) is 39.1 Å². The third-order valence-corrected chi connectivity index (χ3v) is 6.83. The van der Waals surface area contributed by atoms with Crippen LogP contribution in [0.1, 0.15) is 6.42 Å². The number of methoxy groups -OCH3 is 2. The van der Waals surface area contributed by atoms with Crippen LogP contribution < -0.4 is 14.8 Å². The normalized spacial score (nSPS) is 10.8. The van der Waals surface area contributed by atoms with Gasteiger partial charge < -0.3 is 14.8 Å². The topological polar surface area (TPSA) is 86.2 Å². The van der Waals surface area contributed by atoms with Crippen molar-refractivity contribution in [2.24, 2.45) is 0 Å². The number of aromatic nitrogens is 3. The maximum atomic E-state index is 12.6. The lowest BCUT2D eigenvalue weighted by atomic mass is 10.0. The van der Waals surface area contributed by atoms with Crippen molar-refractivity contribution >= 4 is 34.1 Å². The monoisotopic (exact) mass is 522 g/mol. The number of hydrogen-bond acceptors (Lipinski definition) is 7. The molecule has 190 valence electrons. The molecule has 4 aromatic carbocycles. The summed E-state index contributed by atoms with van der Waals surface area (Å²) in [5, 5.41) is 14.6. The largest absolute Gasteiger partial charge is 0.497 e. The molecule has 1 N–H and O–H groups in total. The first-order valence-electron chi connectivity index (χ1n) is 12.1. The van der Waals surface area contributed by atoms with Crippen molar-refractivity contribution in [1.82, 2.24) is 15.2 Å². The lowest BCUT2D eigenvalue weighted by Gasteiger charge is -2.11. The highest BCUT2D eigenvalue weighted by Crippen LogP contribution is 2.32.